The third-order valence-corrected chi connectivity index (χ3v) is 2.98. The van der Waals surface area contributed by atoms with Gasteiger partial charge in [-0.2, -0.15) is 0 Å². The summed E-state index contributed by atoms with van der Waals surface area (Å²) in [5.41, 5.74) is 0. The lowest BCUT2D eigenvalue weighted by molar-refractivity contribution is -0.147. The third-order valence-electron chi connectivity index (χ3n) is 2.98. The van der Waals surface area contributed by atoms with Crippen molar-refractivity contribution in [2.24, 2.45) is 0 Å². The molecule has 0 rings (SSSR count). The van der Waals surface area contributed by atoms with E-state index < -0.39 is 0 Å². The van der Waals surface area contributed by atoms with E-state index in [-0.39, 0.29) is 44.1 Å². The van der Waals surface area contributed by atoms with Gasteiger partial charge in [0.05, 0.1) is 26.2 Å². The molecule has 0 spiro atoms. The Morgan fingerprint density at radius 1 is 0.720 bits per heavy atom. The van der Waals surface area contributed by atoms with E-state index in [0.717, 1.165) is 0 Å². The van der Waals surface area contributed by atoms with Crippen LogP contribution in [0.5, 0.6) is 0 Å². The van der Waals surface area contributed by atoms with Crippen molar-refractivity contribution in [1.29, 1.82) is 0 Å². The number of rotatable bonds is 15. The number of hydrogen-bond donors (Lipinski definition) is 0. The lowest BCUT2D eigenvalue weighted by Crippen LogP contribution is -2.34. The molecule has 0 saturated heterocycles. The lowest BCUT2D eigenvalue weighted by atomic mass is 10.3. The van der Waals surface area contributed by atoms with E-state index in [4.69, 9.17) is 23.7 Å². The molecule has 9 nitrogen and oxygen atoms in total. The number of carbonyl (C=O) groups is 3. The molecule has 0 aliphatic heterocycles. The molecule has 0 bridgehead atoms. The fraction of sp³-hybridized carbons (Fsp3) is 0.812. The molecule has 0 aliphatic rings. The van der Waals surface area contributed by atoms with Crippen LogP contribution in [0.25, 0.3) is 0 Å². The van der Waals surface area contributed by atoms with Gasteiger partial charge in [0.25, 0.3) is 0 Å². The van der Waals surface area contributed by atoms with Crippen LogP contribution in [-0.2, 0) is 38.1 Å². The molecular formula is C16H29NO8. The van der Waals surface area contributed by atoms with Crippen LogP contribution in [0.4, 0.5) is 0 Å². The lowest BCUT2D eigenvalue weighted by Gasteiger charge is -2.21. The van der Waals surface area contributed by atoms with Gasteiger partial charge in [0.1, 0.15) is 19.8 Å². The van der Waals surface area contributed by atoms with Gasteiger partial charge in [-0.25, -0.2) is 0 Å². The second kappa shape index (κ2) is 15.8. The highest BCUT2D eigenvalue weighted by Gasteiger charge is 2.11. The largest absolute Gasteiger partial charge is 0.465 e. The molecule has 25 heavy (non-hydrogen) atoms. The molecule has 0 aromatic rings. The Bertz CT molecular complexity index is 368. The minimum Gasteiger partial charge on any atom is -0.465 e. The second-order valence-electron chi connectivity index (χ2n) is 5.10. The van der Waals surface area contributed by atoms with Crippen molar-refractivity contribution in [3.63, 3.8) is 0 Å². The Labute approximate surface area is 148 Å². The van der Waals surface area contributed by atoms with E-state index in [1.165, 1.54) is 13.8 Å². The van der Waals surface area contributed by atoms with Crippen molar-refractivity contribution in [3.8, 4) is 0 Å². The van der Waals surface area contributed by atoms with Crippen LogP contribution >= 0.6 is 0 Å². The summed E-state index contributed by atoms with van der Waals surface area (Å²) in [7, 11) is 1.58. The van der Waals surface area contributed by atoms with Gasteiger partial charge in [-0.3, -0.25) is 19.3 Å². The summed E-state index contributed by atoms with van der Waals surface area (Å²) < 4.78 is 24.8. The zero-order valence-electron chi connectivity index (χ0n) is 15.3. The van der Waals surface area contributed by atoms with Crippen molar-refractivity contribution in [1.82, 2.24) is 4.90 Å². The summed E-state index contributed by atoms with van der Waals surface area (Å²) in [6.45, 7) is 5.80. The van der Waals surface area contributed by atoms with Crippen LogP contribution in [0.1, 0.15) is 20.3 Å². The SMILES string of the molecule is COCCOCCOC(=O)CCN(CCOC(C)=O)CCOC(C)=O. The van der Waals surface area contributed by atoms with Gasteiger partial charge in [-0.1, -0.05) is 0 Å². The fourth-order valence-corrected chi connectivity index (χ4v) is 1.75. The molecule has 9 heteroatoms. The smallest absolute Gasteiger partial charge is 0.307 e. The van der Waals surface area contributed by atoms with E-state index in [1.54, 1.807) is 7.11 Å². The molecule has 0 aromatic carbocycles. The fourth-order valence-electron chi connectivity index (χ4n) is 1.75. The number of nitrogens with zero attached hydrogens (tertiary/aromatic N) is 1. The average Bonchev–Trinajstić information content (AvgIpc) is 2.54. The van der Waals surface area contributed by atoms with Gasteiger partial charge in [0.15, 0.2) is 0 Å². The van der Waals surface area contributed by atoms with Crippen molar-refractivity contribution in [3.05, 3.63) is 0 Å². The first-order chi connectivity index (χ1) is 12.0. The highest BCUT2D eigenvalue weighted by molar-refractivity contribution is 5.69. The number of carbonyl (C=O) groups excluding carboxylic acids is 3. The van der Waals surface area contributed by atoms with Crippen molar-refractivity contribution in [2.45, 2.75) is 20.3 Å². The topological polar surface area (TPSA) is 101 Å². The average molecular weight is 363 g/mol. The molecule has 0 radical (unpaired) electrons. The molecule has 0 aliphatic carbocycles. The molecule has 0 amide bonds. The van der Waals surface area contributed by atoms with E-state index in [1.807, 2.05) is 4.90 Å². The van der Waals surface area contributed by atoms with Gasteiger partial charge >= 0.3 is 17.9 Å². The zero-order valence-corrected chi connectivity index (χ0v) is 15.3. The highest BCUT2D eigenvalue weighted by Crippen LogP contribution is 1.96. The van der Waals surface area contributed by atoms with Crippen LogP contribution in [-0.4, -0.2) is 89.2 Å². The first-order valence-corrected chi connectivity index (χ1v) is 8.17. The van der Waals surface area contributed by atoms with E-state index in [9.17, 15) is 14.4 Å². The normalized spacial score (nSPS) is 10.6. The van der Waals surface area contributed by atoms with Crippen molar-refractivity contribution >= 4 is 17.9 Å². The molecule has 0 heterocycles. The summed E-state index contributed by atoms with van der Waals surface area (Å²) in [4.78, 5) is 35.2. The van der Waals surface area contributed by atoms with Crippen molar-refractivity contribution in [2.75, 3.05) is 66.4 Å². The Hall–Kier alpha value is -1.71. The first kappa shape index (κ1) is 23.3. The van der Waals surface area contributed by atoms with Crippen LogP contribution in [0, 0.1) is 0 Å². The van der Waals surface area contributed by atoms with E-state index in [2.05, 4.69) is 0 Å². The Kier molecular flexibility index (Phi) is 14.7. The van der Waals surface area contributed by atoms with Gasteiger partial charge in [-0.15, -0.1) is 0 Å². The molecule has 0 N–H and O–H groups in total. The standard InChI is InChI=1S/C16H29NO8/c1-14(18)23-8-6-17(7-9-24-15(2)19)5-4-16(20)25-13-12-22-11-10-21-3/h4-13H2,1-3H3. The Morgan fingerprint density at radius 3 is 1.80 bits per heavy atom. The third kappa shape index (κ3) is 16.9. The Balaban J connectivity index is 3.97. The van der Waals surface area contributed by atoms with Gasteiger partial charge in [-0.05, 0) is 0 Å². The molecular weight excluding hydrogens is 334 g/mol. The predicted molar refractivity (Wildman–Crippen MR) is 88.0 cm³/mol. The van der Waals surface area contributed by atoms with Crippen molar-refractivity contribution < 1.29 is 38.1 Å². The summed E-state index contributed by atoms with van der Waals surface area (Å²) in [5, 5.41) is 0. The number of esters is 3. The van der Waals surface area contributed by atoms with Crippen LogP contribution in [0.3, 0.4) is 0 Å². The zero-order chi connectivity index (χ0) is 18.9. The predicted octanol–water partition coefficient (Wildman–Crippen LogP) is 0.0109. The highest BCUT2D eigenvalue weighted by atomic mass is 16.6. The number of methoxy groups -OCH3 is 1. The molecule has 0 atom stereocenters. The molecule has 146 valence electrons. The van der Waals surface area contributed by atoms with Crippen LogP contribution in [0.15, 0.2) is 0 Å². The van der Waals surface area contributed by atoms with Gasteiger partial charge < -0.3 is 23.7 Å². The maximum Gasteiger partial charge on any atom is 0.307 e. The molecule has 0 fully saturated rings. The van der Waals surface area contributed by atoms with Crippen LogP contribution in [0.2, 0.25) is 0 Å². The minimum atomic E-state index is -0.368. The Morgan fingerprint density at radius 2 is 1.28 bits per heavy atom. The van der Waals surface area contributed by atoms with Gasteiger partial charge in [0, 0.05) is 40.6 Å². The van der Waals surface area contributed by atoms with Crippen LogP contribution < -0.4 is 0 Å². The summed E-state index contributed by atoms with van der Waals surface area (Å²) in [6.07, 6.45) is 0.179. The maximum atomic E-state index is 11.7. The van der Waals surface area contributed by atoms with E-state index in [0.29, 0.717) is 39.5 Å². The first-order valence-electron chi connectivity index (χ1n) is 8.17. The van der Waals surface area contributed by atoms with Gasteiger partial charge in [0.2, 0.25) is 0 Å². The number of hydrogen-bond acceptors (Lipinski definition) is 9. The summed E-state index contributed by atoms with van der Waals surface area (Å²) in [6, 6.07) is 0. The monoisotopic (exact) mass is 363 g/mol. The quantitative estimate of drug-likeness (QED) is 0.226. The summed E-state index contributed by atoms with van der Waals surface area (Å²) >= 11 is 0. The second-order valence-corrected chi connectivity index (χ2v) is 5.10. The number of ether oxygens (including phenoxy) is 5. The maximum absolute atomic E-state index is 11.7. The van der Waals surface area contributed by atoms with E-state index >= 15 is 0 Å². The minimum absolute atomic E-state index is 0.179. The molecule has 0 unspecified atom stereocenters. The summed E-state index contributed by atoms with van der Waals surface area (Å²) in [5.74, 6) is -1.08. The molecule has 0 aromatic heterocycles. The molecule has 0 saturated carbocycles.